The first-order valence-corrected chi connectivity index (χ1v) is 5.79. The van der Waals surface area contributed by atoms with Gasteiger partial charge in [0.05, 0.1) is 0 Å². The molecule has 0 fully saturated rings. The quantitative estimate of drug-likeness (QED) is 0.769. The number of anilines is 1. The molecule has 0 unspecified atom stereocenters. The third kappa shape index (κ3) is 4.97. The number of carbonyl (C=O) groups excluding carboxylic acids is 2. The fourth-order valence-electron chi connectivity index (χ4n) is 1.38. The van der Waals surface area contributed by atoms with Gasteiger partial charge in [-0.2, -0.15) is 0 Å². The fourth-order valence-corrected chi connectivity index (χ4v) is 1.38. The van der Waals surface area contributed by atoms with Crippen LogP contribution in [0.4, 0.5) is 5.69 Å². The molecule has 0 bridgehead atoms. The van der Waals surface area contributed by atoms with Crippen molar-refractivity contribution < 1.29 is 9.59 Å². The van der Waals surface area contributed by atoms with E-state index in [1.165, 1.54) is 0 Å². The summed E-state index contributed by atoms with van der Waals surface area (Å²) in [5.41, 5.74) is 1.66. The van der Waals surface area contributed by atoms with Gasteiger partial charge in [0.1, 0.15) is 0 Å². The maximum absolute atomic E-state index is 11.6. The predicted octanol–water partition coefficient (Wildman–Crippen LogP) is 0.611. The second-order valence-electron chi connectivity index (χ2n) is 4.38. The highest BCUT2D eigenvalue weighted by Gasteiger charge is 2.12. The Morgan fingerprint density at radius 2 is 1.94 bits per heavy atom. The first-order chi connectivity index (χ1) is 8.49. The minimum Gasteiger partial charge on any atom is -0.347 e. The molecule has 98 valence electrons. The van der Waals surface area contributed by atoms with Gasteiger partial charge >= 0.3 is 11.8 Å². The fraction of sp³-hybridized carbons (Fsp3) is 0.385. The maximum atomic E-state index is 11.6. The molecule has 1 aromatic rings. The molecule has 0 saturated carbocycles. The van der Waals surface area contributed by atoms with Crippen LogP contribution in [0.25, 0.3) is 0 Å². The van der Waals surface area contributed by atoms with Crippen LogP contribution in [-0.2, 0) is 9.59 Å². The number of aryl methyl sites for hydroxylation is 1. The van der Waals surface area contributed by atoms with Crippen LogP contribution in [0.2, 0.25) is 0 Å². The number of likely N-dealkylation sites (N-methyl/N-ethyl adjacent to an activating group) is 1. The van der Waals surface area contributed by atoms with Crippen LogP contribution >= 0.6 is 0 Å². The van der Waals surface area contributed by atoms with E-state index >= 15 is 0 Å². The molecule has 1 rings (SSSR count). The van der Waals surface area contributed by atoms with Crippen molar-refractivity contribution in [1.82, 2.24) is 10.2 Å². The van der Waals surface area contributed by atoms with Crippen LogP contribution < -0.4 is 10.6 Å². The van der Waals surface area contributed by atoms with Gasteiger partial charge in [-0.05, 0) is 38.7 Å². The molecule has 1 aromatic carbocycles. The van der Waals surface area contributed by atoms with Crippen molar-refractivity contribution in [3.05, 3.63) is 29.8 Å². The molecular formula is C13H19N3O2. The van der Waals surface area contributed by atoms with E-state index in [-0.39, 0.29) is 0 Å². The lowest BCUT2D eigenvalue weighted by Crippen LogP contribution is -2.38. The van der Waals surface area contributed by atoms with E-state index in [2.05, 4.69) is 10.6 Å². The van der Waals surface area contributed by atoms with Crippen LogP contribution in [0.1, 0.15) is 5.56 Å². The molecule has 2 amide bonds. The lowest BCUT2D eigenvalue weighted by Gasteiger charge is -2.10. The van der Waals surface area contributed by atoms with E-state index in [4.69, 9.17) is 0 Å². The lowest BCUT2D eigenvalue weighted by molar-refractivity contribution is -0.136. The van der Waals surface area contributed by atoms with Crippen LogP contribution in [0.3, 0.4) is 0 Å². The summed E-state index contributed by atoms with van der Waals surface area (Å²) in [7, 11) is 3.80. The van der Waals surface area contributed by atoms with Crippen LogP contribution in [0, 0.1) is 6.92 Å². The third-order valence-electron chi connectivity index (χ3n) is 2.33. The molecule has 0 aliphatic rings. The van der Waals surface area contributed by atoms with Crippen molar-refractivity contribution in [2.75, 3.05) is 32.5 Å². The highest BCUT2D eigenvalue weighted by molar-refractivity contribution is 6.39. The monoisotopic (exact) mass is 249 g/mol. The van der Waals surface area contributed by atoms with Gasteiger partial charge in [-0.3, -0.25) is 9.59 Å². The second kappa shape index (κ2) is 6.76. The number of amides is 2. The normalized spacial score (nSPS) is 10.2. The molecule has 5 heteroatoms. The summed E-state index contributed by atoms with van der Waals surface area (Å²) in [6.07, 6.45) is 0. The molecule has 0 aliphatic carbocycles. The summed E-state index contributed by atoms with van der Waals surface area (Å²) >= 11 is 0. The van der Waals surface area contributed by atoms with Crippen molar-refractivity contribution in [1.29, 1.82) is 0 Å². The summed E-state index contributed by atoms with van der Waals surface area (Å²) in [5.74, 6) is -1.25. The Morgan fingerprint density at radius 3 is 2.56 bits per heavy atom. The first-order valence-electron chi connectivity index (χ1n) is 5.79. The molecule has 18 heavy (non-hydrogen) atoms. The van der Waals surface area contributed by atoms with E-state index < -0.39 is 11.8 Å². The van der Waals surface area contributed by atoms with Gasteiger partial charge in [0.15, 0.2) is 0 Å². The highest BCUT2D eigenvalue weighted by Crippen LogP contribution is 2.08. The number of rotatable bonds is 4. The van der Waals surface area contributed by atoms with Crippen molar-refractivity contribution in [2.24, 2.45) is 0 Å². The summed E-state index contributed by atoms with van der Waals surface area (Å²) in [4.78, 5) is 25.0. The molecule has 0 radical (unpaired) electrons. The number of hydrogen-bond donors (Lipinski definition) is 2. The summed E-state index contributed by atoms with van der Waals surface area (Å²) in [5, 5.41) is 5.11. The number of nitrogens with zero attached hydrogens (tertiary/aromatic N) is 1. The molecule has 0 aliphatic heterocycles. The largest absolute Gasteiger partial charge is 0.347 e. The van der Waals surface area contributed by atoms with Crippen LogP contribution in [0.15, 0.2) is 24.3 Å². The Bertz CT molecular complexity index is 430. The SMILES string of the molecule is Cc1cccc(NC(=O)C(=O)NCCN(C)C)c1. The maximum Gasteiger partial charge on any atom is 0.313 e. The van der Waals surface area contributed by atoms with Crippen LogP contribution in [0.5, 0.6) is 0 Å². The van der Waals surface area contributed by atoms with E-state index in [1.807, 2.05) is 44.1 Å². The molecule has 0 spiro atoms. The van der Waals surface area contributed by atoms with Gasteiger partial charge in [-0.15, -0.1) is 0 Å². The van der Waals surface area contributed by atoms with Crippen molar-refractivity contribution in [3.8, 4) is 0 Å². The summed E-state index contributed by atoms with van der Waals surface area (Å²) in [6.45, 7) is 3.07. The van der Waals surface area contributed by atoms with E-state index in [0.717, 1.165) is 5.56 Å². The molecule has 2 N–H and O–H groups in total. The van der Waals surface area contributed by atoms with E-state index in [0.29, 0.717) is 18.8 Å². The second-order valence-corrected chi connectivity index (χ2v) is 4.38. The first kappa shape index (κ1) is 14.2. The number of carbonyl (C=O) groups is 2. The Balaban J connectivity index is 2.43. The molecule has 5 nitrogen and oxygen atoms in total. The van der Waals surface area contributed by atoms with Gasteiger partial charge < -0.3 is 15.5 Å². The Kier molecular flexibility index (Phi) is 5.32. The minimum atomic E-state index is -0.639. The van der Waals surface area contributed by atoms with Crippen molar-refractivity contribution in [3.63, 3.8) is 0 Å². The van der Waals surface area contributed by atoms with Gasteiger partial charge in [-0.25, -0.2) is 0 Å². The van der Waals surface area contributed by atoms with E-state index in [1.54, 1.807) is 6.07 Å². The Labute approximate surface area is 107 Å². The molecular weight excluding hydrogens is 230 g/mol. The zero-order valence-corrected chi connectivity index (χ0v) is 11.0. The smallest absolute Gasteiger partial charge is 0.313 e. The number of benzene rings is 1. The van der Waals surface area contributed by atoms with E-state index in [9.17, 15) is 9.59 Å². The molecule has 0 saturated heterocycles. The molecule has 0 atom stereocenters. The topological polar surface area (TPSA) is 61.4 Å². The number of nitrogens with one attached hydrogen (secondary N) is 2. The third-order valence-corrected chi connectivity index (χ3v) is 2.33. The van der Waals surface area contributed by atoms with Gasteiger partial charge in [0.25, 0.3) is 0 Å². The Morgan fingerprint density at radius 1 is 1.22 bits per heavy atom. The average molecular weight is 249 g/mol. The highest BCUT2D eigenvalue weighted by atomic mass is 16.2. The predicted molar refractivity (Wildman–Crippen MR) is 71.4 cm³/mol. The van der Waals surface area contributed by atoms with Gasteiger partial charge in [0, 0.05) is 18.8 Å². The average Bonchev–Trinajstić information content (AvgIpc) is 2.28. The lowest BCUT2D eigenvalue weighted by atomic mass is 10.2. The summed E-state index contributed by atoms with van der Waals surface area (Å²) in [6, 6.07) is 7.31. The number of hydrogen-bond acceptors (Lipinski definition) is 3. The Hall–Kier alpha value is -1.88. The standard InChI is InChI=1S/C13H19N3O2/c1-10-5-4-6-11(9-10)15-13(18)12(17)14-7-8-16(2)3/h4-6,9H,7-8H2,1-3H3,(H,14,17)(H,15,18). The zero-order valence-electron chi connectivity index (χ0n) is 11.0. The van der Waals surface area contributed by atoms with Crippen molar-refractivity contribution in [2.45, 2.75) is 6.92 Å². The minimum absolute atomic E-state index is 0.451. The van der Waals surface area contributed by atoms with Gasteiger partial charge in [0.2, 0.25) is 0 Å². The van der Waals surface area contributed by atoms with Crippen molar-refractivity contribution >= 4 is 17.5 Å². The van der Waals surface area contributed by atoms with Crippen LogP contribution in [-0.4, -0.2) is 43.9 Å². The molecule has 0 aromatic heterocycles. The molecule has 0 heterocycles. The van der Waals surface area contributed by atoms with Gasteiger partial charge in [-0.1, -0.05) is 12.1 Å². The zero-order chi connectivity index (χ0) is 13.5. The summed E-state index contributed by atoms with van der Waals surface area (Å²) < 4.78 is 0.